The van der Waals surface area contributed by atoms with E-state index in [9.17, 15) is 4.79 Å². The van der Waals surface area contributed by atoms with Crippen molar-refractivity contribution in [3.63, 3.8) is 0 Å². The third-order valence-corrected chi connectivity index (χ3v) is 4.82. The SMILES string of the molecule is CC1(C)[C@@H]2[C@@H](C(N)=O)N(Cc3ccccc3)C[C@@H]21. The Bertz CT molecular complexity index is 469. The van der Waals surface area contributed by atoms with Gasteiger partial charge in [-0.05, 0) is 22.8 Å². The Kier molecular flexibility index (Phi) is 2.49. The van der Waals surface area contributed by atoms with Gasteiger partial charge >= 0.3 is 0 Å². The van der Waals surface area contributed by atoms with Crippen LogP contribution in [0.4, 0.5) is 0 Å². The normalized spacial score (nSPS) is 33.1. The van der Waals surface area contributed by atoms with E-state index in [0.717, 1.165) is 13.1 Å². The van der Waals surface area contributed by atoms with Gasteiger partial charge in [0.25, 0.3) is 0 Å². The number of hydrogen-bond donors (Lipinski definition) is 1. The van der Waals surface area contributed by atoms with Gasteiger partial charge in [-0.15, -0.1) is 0 Å². The summed E-state index contributed by atoms with van der Waals surface area (Å²) >= 11 is 0. The summed E-state index contributed by atoms with van der Waals surface area (Å²) in [6, 6.07) is 10.2. The lowest BCUT2D eigenvalue weighted by Crippen LogP contribution is -2.44. The largest absolute Gasteiger partial charge is 0.368 e. The van der Waals surface area contributed by atoms with Crippen molar-refractivity contribution >= 4 is 5.91 Å². The van der Waals surface area contributed by atoms with Crippen LogP contribution in [-0.4, -0.2) is 23.4 Å². The van der Waals surface area contributed by atoms with Gasteiger partial charge in [0.15, 0.2) is 0 Å². The molecule has 1 aliphatic heterocycles. The zero-order chi connectivity index (χ0) is 12.9. The second kappa shape index (κ2) is 3.82. The second-order valence-corrected chi connectivity index (χ2v) is 6.22. The minimum Gasteiger partial charge on any atom is -0.368 e. The van der Waals surface area contributed by atoms with Crippen LogP contribution in [0.15, 0.2) is 30.3 Å². The Balaban J connectivity index is 1.77. The maximum atomic E-state index is 11.7. The molecule has 1 aliphatic carbocycles. The number of benzene rings is 1. The molecule has 3 heteroatoms. The molecule has 3 atom stereocenters. The lowest BCUT2D eigenvalue weighted by Gasteiger charge is -2.28. The predicted octanol–water partition coefficient (Wildman–Crippen LogP) is 1.63. The van der Waals surface area contributed by atoms with Crippen molar-refractivity contribution in [1.29, 1.82) is 0 Å². The third kappa shape index (κ3) is 1.65. The molecule has 3 nitrogen and oxygen atoms in total. The zero-order valence-electron chi connectivity index (χ0n) is 11.0. The lowest BCUT2D eigenvalue weighted by atomic mass is 10.00. The minimum absolute atomic E-state index is 0.0785. The highest BCUT2D eigenvalue weighted by atomic mass is 16.1. The van der Waals surface area contributed by atoms with Crippen LogP contribution in [-0.2, 0) is 11.3 Å². The van der Waals surface area contributed by atoms with Gasteiger partial charge < -0.3 is 5.73 Å². The molecule has 3 rings (SSSR count). The van der Waals surface area contributed by atoms with E-state index in [1.807, 2.05) is 18.2 Å². The number of nitrogens with zero attached hydrogens (tertiary/aromatic N) is 1. The van der Waals surface area contributed by atoms with Crippen LogP contribution in [0.5, 0.6) is 0 Å². The van der Waals surface area contributed by atoms with Gasteiger partial charge in [-0.1, -0.05) is 44.2 Å². The number of piperidine rings is 1. The molecule has 1 aromatic rings. The Morgan fingerprint density at radius 1 is 1.39 bits per heavy atom. The smallest absolute Gasteiger partial charge is 0.235 e. The fourth-order valence-corrected chi connectivity index (χ4v) is 3.69. The summed E-state index contributed by atoms with van der Waals surface area (Å²) in [6.07, 6.45) is 0. The first-order valence-corrected chi connectivity index (χ1v) is 6.59. The van der Waals surface area contributed by atoms with Crippen molar-refractivity contribution in [3.05, 3.63) is 35.9 Å². The van der Waals surface area contributed by atoms with Crippen molar-refractivity contribution < 1.29 is 4.79 Å². The van der Waals surface area contributed by atoms with Gasteiger partial charge in [0.2, 0.25) is 5.91 Å². The standard InChI is InChI=1S/C15H20N2O/c1-15(2)11-9-17(13(12(11)15)14(16)18)8-10-6-4-3-5-7-10/h3-7,11-13H,8-9H2,1-2H3,(H2,16,18)/t11-,12-,13-/m0/s1. The first-order valence-electron chi connectivity index (χ1n) is 6.59. The average molecular weight is 244 g/mol. The molecule has 1 aromatic carbocycles. The number of fused-ring (bicyclic) bond motifs is 1. The van der Waals surface area contributed by atoms with Crippen LogP contribution in [0.2, 0.25) is 0 Å². The minimum atomic E-state index is -0.163. The highest BCUT2D eigenvalue weighted by molar-refractivity contribution is 5.81. The summed E-state index contributed by atoms with van der Waals surface area (Å²) in [6.45, 7) is 6.33. The molecule has 0 radical (unpaired) electrons. The van der Waals surface area contributed by atoms with Gasteiger partial charge in [0, 0.05) is 13.1 Å². The first-order chi connectivity index (χ1) is 8.51. The topological polar surface area (TPSA) is 46.3 Å². The van der Waals surface area contributed by atoms with E-state index in [4.69, 9.17) is 5.73 Å². The van der Waals surface area contributed by atoms with Crippen molar-refractivity contribution in [2.75, 3.05) is 6.54 Å². The number of amides is 1. The van der Waals surface area contributed by atoms with Crippen LogP contribution in [0.1, 0.15) is 19.4 Å². The molecule has 0 aromatic heterocycles. The average Bonchev–Trinajstić information content (AvgIpc) is 2.72. The molecule has 0 bridgehead atoms. The molecule has 1 amide bonds. The Morgan fingerprint density at radius 3 is 2.67 bits per heavy atom. The monoisotopic (exact) mass is 244 g/mol. The van der Waals surface area contributed by atoms with Crippen LogP contribution in [0, 0.1) is 17.3 Å². The summed E-state index contributed by atoms with van der Waals surface area (Å²) in [5.41, 5.74) is 7.15. The Labute approximate surface area is 108 Å². The summed E-state index contributed by atoms with van der Waals surface area (Å²) in [7, 11) is 0. The summed E-state index contributed by atoms with van der Waals surface area (Å²) in [4.78, 5) is 14.0. The first kappa shape index (κ1) is 11.7. The Hall–Kier alpha value is -1.35. The summed E-state index contributed by atoms with van der Waals surface area (Å²) < 4.78 is 0. The molecule has 1 saturated heterocycles. The molecule has 96 valence electrons. The fourth-order valence-electron chi connectivity index (χ4n) is 3.69. The maximum absolute atomic E-state index is 11.7. The number of rotatable bonds is 3. The molecule has 2 fully saturated rings. The van der Waals surface area contributed by atoms with E-state index >= 15 is 0 Å². The number of nitrogens with two attached hydrogens (primary N) is 1. The van der Waals surface area contributed by atoms with Crippen LogP contribution in [0.25, 0.3) is 0 Å². The van der Waals surface area contributed by atoms with E-state index < -0.39 is 0 Å². The zero-order valence-corrected chi connectivity index (χ0v) is 11.0. The maximum Gasteiger partial charge on any atom is 0.235 e. The third-order valence-electron chi connectivity index (χ3n) is 4.82. The molecule has 18 heavy (non-hydrogen) atoms. The van der Waals surface area contributed by atoms with Crippen LogP contribution < -0.4 is 5.73 Å². The fraction of sp³-hybridized carbons (Fsp3) is 0.533. The molecule has 2 aliphatic rings. The molecular formula is C15H20N2O. The van der Waals surface area contributed by atoms with Gasteiger partial charge in [-0.2, -0.15) is 0 Å². The van der Waals surface area contributed by atoms with Gasteiger partial charge in [-0.25, -0.2) is 0 Å². The lowest BCUT2D eigenvalue weighted by molar-refractivity contribution is -0.123. The van der Waals surface area contributed by atoms with E-state index in [1.165, 1.54) is 5.56 Å². The van der Waals surface area contributed by atoms with Crippen LogP contribution >= 0.6 is 0 Å². The number of hydrogen-bond acceptors (Lipinski definition) is 2. The Morgan fingerprint density at radius 2 is 2.06 bits per heavy atom. The van der Waals surface area contributed by atoms with Gasteiger partial charge in [0.1, 0.15) is 0 Å². The van der Waals surface area contributed by atoms with Gasteiger partial charge in [-0.3, -0.25) is 9.69 Å². The summed E-state index contributed by atoms with van der Waals surface area (Å²) in [5, 5.41) is 0. The van der Waals surface area contributed by atoms with E-state index in [1.54, 1.807) is 0 Å². The number of likely N-dealkylation sites (tertiary alicyclic amines) is 1. The number of carbonyl (C=O) groups excluding carboxylic acids is 1. The predicted molar refractivity (Wildman–Crippen MR) is 70.6 cm³/mol. The molecule has 0 unspecified atom stereocenters. The van der Waals surface area contributed by atoms with Crippen LogP contribution in [0.3, 0.4) is 0 Å². The quantitative estimate of drug-likeness (QED) is 0.878. The molecule has 0 spiro atoms. The van der Waals surface area contributed by atoms with Crippen molar-refractivity contribution in [2.45, 2.75) is 26.4 Å². The van der Waals surface area contributed by atoms with Crippen molar-refractivity contribution in [3.8, 4) is 0 Å². The molecule has 1 heterocycles. The molecular weight excluding hydrogens is 224 g/mol. The summed E-state index contributed by atoms with van der Waals surface area (Å²) in [5.74, 6) is 0.932. The molecule has 1 saturated carbocycles. The highest BCUT2D eigenvalue weighted by Gasteiger charge is 2.67. The number of carbonyl (C=O) groups is 1. The van der Waals surface area contributed by atoms with E-state index in [0.29, 0.717) is 17.3 Å². The van der Waals surface area contributed by atoms with Crippen molar-refractivity contribution in [1.82, 2.24) is 4.90 Å². The second-order valence-electron chi connectivity index (χ2n) is 6.22. The molecule has 2 N–H and O–H groups in total. The number of primary amides is 1. The van der Waals surface area contributed by atoms with Gasteiger partial charge in [0.05, 0.1) is 6.04 Å². The van der Waals surface area contributed by atoms with E-state index in [2.05, 4.69) is 30.9 Å². The highest BCUT2D eigenvalue weighted by Crippen LogP contribution is 2.64. The van der Waals surface area contributed by atoms with E-state index in [-0.39, 0.29) is 11.9 Å². The van der Waals surface area contributed by atoms with Crippen molar-refractivity contribution in [2.24, 2.45) is 23.0 Å².